The summed E-state index contributed by atoms with van der Waals surface area (Å²) in [4.78, 5) is 12.0. The van der Waals surface area contributed by atoms with Crippen LogP contribution in [0.2, 0.25) is 5.02 Å². The monoisotopic (exact) mass is 302 g/mol. The minimum atomic E-state index is -0.254. The molecule has 0 spiro atoms. The van der Waals surface area contributed by atoms with Crippen molar-refractivity contribution in [3.8, 4) is 0 Å². The van der Waals surface area contributed by atoms with Gasteiger partial charge in [-0.3, -0.25) is 4.79 Å². The van der Waals surface area contributed by atoms with Crippen molar-refractivity contribution in [3.63, 3.8) is 0 Å². The predicted octanol–water partition coefficient (Wildman–Crippen LogP) is 4.36. The molecule has 0 radical (unpaired) electrons. The molecule has 1 aromatic carbocycles. The normalized spacial score (nSPS) is 20.0. The zero-order valence-electron chi connectivity index (χ0n) is 12.3. The molecule has 0 saturated heterocycles. The van der Waals surface area contributed by atoms with Crippen LogP contribution < -0.4 is 5.43 Å². The van der Waals surface area contributed by atoms with E-state index in [0.29, 0.717) is 16.5 Å². The second kappa shape index (κ2) is 6.72. The molecule has 0 saturated carbocycles. The Kier molecular flexibility index (Phi) is 4.97. The molecule has 4 heteroatoms. The second-order valence-corrected chi connectivity index (χ2v) is 5.82. The molecule has 0 unspecified atom stereocenters. The summed E-state index contributed by atoms with van der Waals surface area (Å²) in [5.74, 6) is 0.144. The molecule has 1 atom stereocenters. The van der Waals surface area contributed by atoms with Crippen LogP contribution in [0.1, 0.15) is 37.0 Å². The third-order valence-corrected chi connectivity index (χ3v) is 3.91. The lowest BCUT2D eigenvalue weighted by Gasteiger charge is -2.22. The van der Waals surface area contributed by atoms with Crippen LogP contribution in [-0.2, 0) is 0 Å². The van der Waals surface area contributed by atoms with E-state index in [9.17, 15) is 4.79 Å². The molecule has 1 N–H and O–H groups in total. The maximum absolute atomic E-state index is 12.0. The fraction of sp³-hybridized carbons (Fsp3) is 0.294. The summed E-state index contributed by atoms with van der Waals surface area (Å²) in [5.41, 5.74) is 6.27. The molecular weight excluding hydrogens is 284 g/mol. The first-order valence-electron chi connectivity index (χ1n) is 6.92. The summed E-state index contributed by atoms with van der Waals surface area (Å²) in [5, 5.41) is 4.80. The Morgan fingerprint density at radius 3 is 2.90 bits per heavy atom. The molecule has 1 amide bonds. The van der Waals surface area contributed by atoms with E-state index < -0.39 is 0 Å². The highest BCUT2D eigenvalue weighted by Crippen LogP contribution is 2.26. The van der Waals surface area contributed by atoms with Crippen LogP contribution in [0.25, 0.3) is 0 Å². The van der Waals surface area contributed by atoms with Crippen LogP contribution in [-0.4, -0.2) is 11.6 Å². The van der Waals surface area contributed by atoms with E-state index in [0.717, 1.165) is 29.7 Å². The lowest BCUT2D eigenvalue weighted by molar-refractivity contribution is 0.0954. The average Bonchev–Trinajstić information content (AvgIpc) is 2.45. The SMILES string of the molecule is C=C(C)[C@H]1CC=C(C)/C(=N/NC(=O)c2cccc(Cl)c2)C1. The van der Waals surface area contributed by atoms with Crippen LogP contribution >= 0.6 is 11.6 Å². The number of nitrogens with one attached hydrogen (secondary N) is 1. The van der Waals surface area contributed by atoms with Gasteiger partial charge in [-0.05, 0) is 56.4 Å². The second-order valence-electron chi connectivity index (χ2n) is 5.38. The van der Waals surface area contributed by atoms with Crippen LogP contribution in [0, 0.1) is 5.92 Å². The number of halogens is 1. The maximum Gasteiger partial charge on any atom is 0.271 e. The topological polar surface area (TPSA) is 41.5 Å². The molecule has 1 aliphatic rings. The zero-order chi connectivity index (χ0) is 15.4. The number of hydrazone groups is 1. The highest BCUT2D eigenvalue weighted by Gasteiger charge is 2.18. The summed E-state index contributed by atoms with van der Waals surface area (Å²) in [6, 6.07) is 6.81. The fourth-order valence-corrected chi connectivity index (χ4v) is 2.43. The average molecular weight is 303 g/mol. The van der Waals surface area contributed by atoms with E-state index in [2.05, 4.69) is 23.2 Å². The molecule has 0 aromatic heterocycles. The van der Waals surface area contributed by atoms with E-state index in [1.807, 2.05) is 13.8 Å². The van der Waals surface area contributed by atoms with Crippen molar-refractivity contribution in [1.82, 2.24) is 5.43 Å². The lowest BCUT2D eigenvalue weighted by atomic mass is 9.85. The number of nitrogens with zero attached hydrogens (tertiary/aromatic N) is 1. The number of carbonyl (C=O) groups is 1. The van der Waals surface area contributed by atoms with Gasteiger partial charge in [0.2, 0.25) is 0 Å². The number of benzene rings is 1. The van der Waals surface area contributed by atoms with Crippen LogP contribution in [0.15, 0.2) is 53.2 Å². The van der Waals surface area contributed by atoms with Gasteiger partial charge >= 0.3 is 0 Å². The summed E-state index contributed by atoms with van der Waals surface area (Å²) in [7, 11) is 0. The predicted molar refractivity (Wildman–Crippen MR) is 87.6 cm³/mol. The van der Waals surface area contributed by atoms with Crippen LogP contribution in [0.5, 0.6) is 0 Å². The standard InChI is InChI=1S/C17H19ClN2O/c1-11(2)13-8-7-12(3)16(10-13)19-20-17(21)14-5-4-6-15(18)9-14/h4-7,9,13H,1,8,10H2,2-3H3,(H,20,21)/b19-16+/t13-/m0/s1. The number of hydrogen-bond acceptors (Lipinski definition) is 2. The van der Waals surface area contributed by atoms with Crippen molar-refractivity contribution >= 4 is 23.2 Å². The summed E-state index contributed by atoms with van der Waals surface area (Å²) in [6.07, 6.45) is 3.95. The smallest absolute Gasteiger partial charge is 0.267 e. The molecule has 1 aromatic rings. The number of carbonyl (C=O) groups excluding carboxylic acids is 1. The Balaban J connectivity index is 2.09. The van der Waals surface area contributed by atoms with E-state index in [1.54, 1.807) is 24.3 Å². The maximum atomic E-state index is 12.0. The zero-order valence-corrected chi connectivity index (χ0v) is 13.1. The van der Waals surface area contributed by atoms with E-state index >= 15 is 0 Å². The van der Waals surface area contributed by atoms with Gasteiger partial charge < -0.3 is 0 Å². The summed E-state index contributed by atoms with van der Waals surface area (Å²) < 4.78 is 0. The molecule has 0 aliphatic heterocycles. The first kappa shape index (κ1) is 15.5. The molecular formula is C17H19ClN2O. The van der Waals surface area contributed by atoms with Crippen molar-refractivity contribution in [1.29, 1.82) is 0 Å². The molecule has 0 bridgehead atoms. The van der Waals surface area contributed by atoms with Crippen molar-refractivity contribution in [2.24, 2.45) is 11.0 Å². The quantitative estimate of drug-likeness (QED) is 0.654. The van der Waals surface area contributed by atoms with Gasteiger partial charge in [-0.2, -0.15) is 5.10 Å². The fourth-order valence-electron chi connectivity index (χ4n) is 2.24. The third-order valence-electron chi connectivity index (χ3n) is 3.68. The van der Waals surface area contributed by atoms with Crippen LogP contribution in [0.4, 0.5) is 0 Å². The first-order chi connectivity index (χ1) is 9.97. The van der Waals surface area contributed by atoms with Crippen LogP contribution in [0.3, 0.4) is 0 Å². The highest BCUT2D eigenvalue weighted by molar-refractivity contribution is 6.30. The highest BCUT2D eigenvalue weighted by atomic mass is 35.5. The van der Waals surface area contributed by atoms with Gasteiger partial charge in [-0.1, -0.05) is 35.9 Å². The number of amides is 1. The number of allylic oxidation sites excluding steroid dienone is 3. The lowest BCUT2D eigenvalue weighted by Crippen LogP contribution is -2.23. The molecule has 2 rings (SSSR count). The number of rotatable bonds is 3. The van der Waals surface area contributed by atoms with Crippen molar-refractivity contribution in [3.05, 3.63) is 58.7 Å². The minimum absolute atomic E-state index is 0.254. The Labute approximate surface area is 130 Å². The van der Waals surface area contributed by atoms with Crippen molar-refractivity contribution in [2.75, 3.05) is 0 Å². The van der Waals surface area contributed by atoms with Gasteiger partial charge in [0.05, 0.1) is 5.71 Å². The summed E-state index contributed by atoms with van der Waals surface area (Å²) >= 11 is 5.88. The Hall–Kier alpha value is -1.87. The van der Waals surface area contributed by atoms with Crippen molar-refractivity contribution < 1.29 is 4.79 Å². The van der Waals surface area contributed by atoms with E-state index in [4.69, 9.17) is 11.6 Å². The largest absolute Gasteiger partial charge is 0.271 e. The van der Waals surface area contributed by atoms with Gasteiger partial charge in [0.1, 0.15) is 0 Å². The Morgan fingerprint density at radius 1 is 1.48 bits per heavy atom. The Morgan fingerprint density at radius 2 is 2.24 bits per heavy atom. The first-order valence-corrected chi connectivity index (χ1v) is 7.30. The van der Waals surface area contributed by atoms with Gasteiger partial charge in [0.15, 0.2) is 0 Å². The Bertz CT molecular complexity index is 631. The number of hydrogen-bond donors (Lipinski definition) is 1. The molecule has 1 aliphatic carbocycles. The van der Waals surface area contributed by atoms with Gasteiger partial charge in [0.25, 0.3) is 5.91 Å². The minimum Gasteiger partial charge on any atom is -0.267 e. The third kappa shape index (κ3) is 4.05. The summed E-state index contributed by atoms with van der Waals surface area (Å²) in [6.45, 7) is 8.05. The van der Waals surface area contributed by atoms with Gasteiger partial charge in [0, 0.05) is 10.6 Å². The molecule has 21 heavy (non-hydrogen) atoms. The molecule has 110 valence electrons. The molecule has 3 nitrogen and oxygen atoms in total. The van der Waals surface area contributed by atoms with Crippen molar-refractivity contribution in [2.45, 2.75) is 26.7 Å². The molecule has 0 heterocycles. The van der Waals surface area contributed by atoms with Gasteiger partial charge in [-0.25, -0.2) is 5.43 Å². The van der Waals surface area contributed by atoms with E-state index in [1.165, 1.54) is 0 Å². The van der Waals surface area contributed by atoms with Gasteiger partial charge in [-0.15, -0.1) is 0 Å². The van der Waals surface area contributed by atoms with E-state index in [-0.39, 0.29) is 5.91 Å². The molecule has 0 fully saturated rings.